The number of hydrogen-bond donors (Lipinski definition) is 0. The Kier molecular flexibility index (Phi) is 2.89. The van der Waals surface area contributed by atoms with Crippen LogP contribution in [-0.2, 0) is 14.8 Å². The summed E-state index contributed by atoms with van der Waals surface area (Å²) >= 11 is -3.08. The van der Waals surface area contributed by atoms with Crippen LogP contribution in [0.1, 0.15) is 21.8 Å². The minimum atomic E-state index is -3.08. The van der Waals surface area contributed by atoms with E-state index in [1.165, 1.54) is 22.3 Å². The normalized spacial score (nSPS) is 17.3. The first-order valence-electron chi connectivity index (χ1n) is 8.09. The molecule has 4 rings (SSSR count). The molecule has 0 nitrogen and oxygen atoms in total. The van der Waals surface area contributed by atoms with Crippen LogP contribution in [0.3, 0.4) is 0 Å². The fraction of sp³-hybridized carbons (Fsp3) is 0.190. The standard InChI is InChI=1S/C13H9.C5H5.2CH3.CH2.Ti/c1-3-7-12-10(5-1)9-11-6-2-4-8-13(11)12;1-2-4-5-3-1;;;;/h1-9H;1-3H,4H2;2*1H3;1H2;. The molecule has 0 aromatic heterocycles. The zero-order valence-corrected chi connectivity index (χ0v) is 14.9. The van der Waals surface area contributed by atoms with Gasteiger partial charge in [0.15, 0.2) is 0 Å². The average Bonchev–Trinajstić information content (AvgIpc) is 3.14. The molecule has 2 aliphatic carbocycles. The summed E-state index contributed by atoms with van der Waals surface area (Å²) in [5, 5.41) is 5.00. The molecule has 2 aliphatic rings. The van der Waals surface area contributed by atoms with Gasteiger partial charge >= 0.3 is 134 Å². The molecular weight excluding hydrogens is 300 g/mol. The molecule has 2 aromatic rings. The van der Waals surface area contributed by atoms with Crippen molar-refractivity contribution >= 4 is 4.82 Å². The van der Waals surface area contributed by atoms with Gasteiger partial charge in [-0.2, -0.15) is 0 Å². The molecule has 1 heteroatoms. The van der Waals surface area contributed by atoms with Gasteiger partial charge in [-0.15, -0.1) is 0 Å². The van der Waals surface area contributed by atoms with Gasteiger partial charge in [-0.3, -0.25) is 0 Å². The molecule has 0 saturated carbocycles. The molecule has 0 bridgehead atoms. The van der Waals surface area contributed by atoms with E-state index < -0.39 is 14.8 Å². The van der Waals surface area contributed by atoms with E-state index in [1.54, 1.807) is 3.88 Å². The van der Waals surface area contributed by atoms with Crippen LogP contribution >= 0.6 is 0 Å². The summed E-state index contributed by atoms with van der Waals surface area (Å²) in [5.74, 6) is 0. The van der Waals surface area contributed by atoms with E-state index in [4.69, 9.17) is 4.82 Å². The first-order chi connectivity index (χ1) is 10.5. The fourth-order valence-corrected chi connectivity index (χ4v) is 11.1. The van der Waals surface area contributed by atoms with Crippen LogP contribution in [0.25, 0.3) is 11.1 Å². The van der Waals surface area contributed by atoms with Crippen LogP contribution in [0, 0.1) is 0 Å². The van der Waals surface area contributed by atoms with E-state index in [2.05, 4.69) is 77.2 Å². The molecule has 0 unspecified atom stereocenters. The molecule has 2 aromatic carbocycles. The first-order valence-corrected chi connectivity index (χ1v) is 14.0. The van der Waals surface area contributed by atoms with Crippen LogP contribution in [0.2, 0.25) is 10.5 Å². The Labute approximate surface area is 133 Å². The summed E-state index contributed by atoms with van der Waals surface area (Å²) in [7, 11) is 0. The van der Waals surface area contributed by atoms with Gasteiger partial charge in [0.1, 0.15) is 0 Å². The topological polar surface area (TPSA) is 0 Å². The molecule has 0 amide bonds. The molecule has 0 radical (unpaired) electrons. The first kappa shape index (κ1) is 14.1. The minimum absolute atomic E-state index is 0.482. The summed E-state index contributed by atoms with van der Waals surface area (Å²) in [6.07, 6.45) is 7.93. The van der Waals surface area contributed by atoms with Crippen LogP contribution in [0.5, 0.6) is 0 Å². The van der Waals surface area contributed by atoms with E-state index in [0.29, 0.717) is 4.22 Å². The second-order valence-corrected chi connectivity index (χ2v) is 18.4. The van der Waals surface area contributed by atoms with Gasteiger partial charge in [-0.25, -0.2) is 0 Å². The Morgan fingerprint density at radius 1 is 0.909 bits per heavy atom. The zero-order valence-electron chi connectivity index (χ0n) is 13.3. The molecule has 110 valence electrons. The van der Waals surface area contributed by atoms with Crippen molar-refractivity contribution in [1.82, 2.24) is 0 Å². The van der Waals surface area contributed by atoms with Crippen LogP contribution in [-0.4, -0.2) is 4.82 Å². The van der Waals surface area contributed by atoms with Crippen molar-refractivity contribution in [3.8, 4) is 11.1 Å². The molecule has 0 saturated heterocycles. The van der Waals surface area contributed by atoms with Crippen molar-refractivity contribution in [1.29, 1.82) is 0 Å². The SMILES string of the molecule is [CH2]=[Ti]([CH3])([CH3])([C]1=CC=CC1)[CH]1c2ccccc2-c2ccccc21. The Morgan fingerprint density at radius 3 is 1.95 bits per heavy atom. The van der Waals surface area contributed by atoms with E-state index >= 15 is 0 Å². The Bertz CT molecular complexity index is 844. The predicted octanol–water partition coefficient (Wildman–Crippen LogP) is 5.82. The maximum absolute atomic E-state index is 4.95. The molecule has 22 heavy (non-hydrogen) atoms. The van der Waals surface area contributed by atoms with E-state index in [9.17, 15) is 0 Å². The number of hydrogen-bond acceptors (Lipinski definition) is 0. The van der Waals surface area contributed by atoms with Gasteiger partial charge in [0, 0.05) is 0 Å². The number of benzene rings is 2. The molecule has 0 atom stereocenters. The average molecular weight is 322 g/mol. The fourth-order valence-electron chi connectivity index (χ4n) is 4.39. The van der Waals surface area contributed by atoms with Gasteiger partial charge in [-0.1, -0.05) is 0 Å². The van der Waals surface area contributed by atoms with E-state index in [-0.39, 0.29) is 0 Å². The van der Waals surface area contributed by atoms with Gasteiger partial charge in [-0.05, 0) is 0 Å². The summed E-state index contributed by atoms with van der Waals surface area (Å²) in [5.41, 5.74) is 5.82. The van der Waals surface area contributed by atoms with Crippen molar-refractivity contribution < 1.29 is 14.8 Å². The second-order valence-electron chi connectivity index (χ2n) is 7.74. The summed E-state index contributed by atoms with van der Waals surface area (Å²) < 4.78 is 2.09. The van der Waals surface area contributed by atoms with Crippen molar-refractivity contribution in [2.24, 2.45) is 0 Å². The number of allylic oxidation sites excluding steroid dienone is 4. The predicted molar refractivity (Wildman–Crippen MR) is 94.4 cm³/mol. The molecule has 0 N–H and O–H groups in total. The third-order valence-corrected chi connectivity index (χ3v) is 13.3. The van der Waals surface area contributed by atoms with Crippen molar-refractivity contribution in [3.05, 3.63) is 81.8 Å². The molecular formula is C21H22Ti. The zero-order chi connectivity index (χ0) is 15.4. The summed E-state index contributed by atoms with van der Waals surface area (Å²) in [6, 6.07) is 17.9. The van der Waals surface area contributed by atoms with Crippen LogP contribution in [0.4, 0.5) is 0 Å². The Morgan fingerprint density at radius 2 is 1.45 bits per heavy atom. The van der Waals surface area contributed by atoms with Crippen molar-refractivity contribution in [3.63, 3.8) is 0 Å². The molecule has 0 aliphatic heterocycles. The summed E-state index contributed by atoms with van der Waals surface area (Å²) in [4.78, 5) is 4.95. The number of rotatable bonds is 2. The van der Waals surface area contributed by atoms with Crippen molar-refractivity contribution in [2.45, 2.75) is 21.1 Å². The monoisotopic (exact) mass is 322 g/mol. The second kappa shape index (κ2) is 4.50. The molecule has 0 heterocycles. The van der Waals surface area contributed by atoms with E-state index in [1.807, 2.05) is 0 Å². The summed E-state index contributed by atoms with van der Waals surface area (Å²) in [6.45, 7) is 0. The van der Waals surface area contributed by atoms with Crippen molar-refractivity contribution in [2.75, 3.05) is 0 Å². The quantitative estimate of drug-likeness (QED) is 0.611. The Balaban J connectivity index is 2.02. The Hall–Kier alpha value is -1.50. The van der Waals surface area contributed by atoms with Gasteiger partial charge in [0.2, 0.25) is 0 Å². The van der Waals surface area contributed by atoms with Crippen LogP contribution in [0.15, 0.2) is 70.6 Å². The van der Waals surface area contributed by atoms with E-state index in [0.717, 1.165) is 6.42 Å². The van der Waals surface area contributed by atoms with Gasteiger partial charge < -0.3 is 0 Å². The molecule has 0 fully saturated rings. The molecule has 0 spiro atoms. The van der Waals surface area contributed by atoms with Crippen LogP contribution < -0.4 is 0 Å². The third-order valence-electron chi connectivity index (χ3n) is 5.59. The third kappa shape index (κ3) is 1.84. The number of fused-ring (bicyclic) bond motifs is 3. The van der Waals surface area contributed by atoms with Gasteiger partial charge in [0.25, 0.3) is 0 Å². The maximum atomic E-state index is 4.95. The van der Waals surface area contributed by atoms with Gasteiger partial charge in [0.05, 0.1) is 0 Å².